The topological polar surface area (TPSA) is 92.3 Å². The monoisotopic (exact) mass is 614 g/mol. The summed E-state index contributed by atoms with van der Waals surface area (Å²) in [5, 5.41) is 6.38. The number of amides is 2. The number of carbonyl (C=O) groups is 2. The average Bonchev–Trinajstić information content (AvgIpc) is 3.77. The van der Waals surface area contributed by atoms with Crippen molar-refractivity contribution in [3.8, 4) is 0 Å². The Kier molecular flexibility index (Phi) is 7.24. The van der Waals surface area contributed by atoms with Gasteiger partial charge in [0.1, 0.15) is 22.6 Å². The lowest BCUT2D eigenvalue weighted by atomic mass is 9.68. The SMILES string of the molecule is CC(=O)[N+]1(S(=O)(=O)c2ccc(F)cc2)c2ccc(C(=O)NCc3ccc(F)cc3Cl)cc2C2(CCNCC2)C1C1CC1. The second-order valence-electron chi connectivity index (χ2n) is 11.4. The van der Waals surface area contributed by atoms with Crippen molar-refractivity contribution in [3.05, 3.63) is 94.0 Å². The Bertz CT molecular complexity index is 1690. The summed E-state index contributed by atoms with van der Waals surface area (Å²) >= 11 is 6.14. The van der Waals surface area contributed by atoms with Gasteiger partial charge >= 0.3 is 15.9 Å². The number of fused-ring (bicyclic) bond motifs is 2. The van der Waals surface area contributed by atoms with Crippen molar-refractivity contribution in [1.29, 1.82) is 0 Å². The number of sulfonamides is 1. The third-order valence-electron chi connectivity index (χ3n) is 9.09. The summed E-state index contributed by atoms with van der Waals surface area (Å²) in [4.78, 5) is 27.2. The van der Waals surface area contributed by atoms with Gasteiger partial charge in [-0.1, -0.05) is 17.7 Å². The maximum Gasteiger partial charge on any atom is 0.339 e. The van der Waals surface area contributed by atoms with Crippen LogP contribution in [0.4, 0.5) is 14.5 Å². The van der Waals surface area contributed by atoms with Crippen molar-refractivity contribution in [2.75, 3.05) is 13.1 Å². The Labute approximate surface area is 248 Å². The number of nitrogens with zero attached hydrogens (tertiary/aromatic N) is 1. The molecule has 2 aliphatic heterocycles. The van der Waals surface area contributed by atoms with Crippen molar-refractivity contribution in [3.63, 3.8) is 0 Å². The maximum atomic E-state index is 14.7. The highest BCUT2D eigenvalue weighted by Crippen LogP contribution is 2.62. The quantitative estimate of drug-likeness (QED) is 0.372. The molecule has 1 aliphatic carbocycles. The summed E-state index contributed by atoms with van der Waals surface area (Å²) in [5.74, 6) is -1.99. The minimum absolute atomic E-state index is 0.00693. The lowest BCUT2D eigenvalue weighted by Crippen LogP contribution is -2.67. The third kappa shape index (κ3) is 4.38. The number of piperidine rings is 1. The third-order valence-corrected chi connectivity index (χ3v) is 11.7. The van der Waals surface area contributed by atoms with Crippen LogP contribution in [0.25, 0.3) is 0 Å². The first-order valence-corrected chi connectivity index (χ1v) is 15.8. The Hall–Kier alpha value is -3.18. The number of hydrogen-bond acceptors (Lipinski definition) is 5. The average molecular weight is 615 g/mol. The van der Waals surface area contributed by atoms with E-state index in [1.807, 2.05) is 0 Å². The van der Waals surface area contributed by atoms with E-state index < -0.39 is 48.8 Å². The second-order valence-corrected chi connectivity index (χ2v) is 13.8. The zero-order valence-electron chi connectivity index (χ0n) is 23.0. The molecule has 0 aromatic heterocycles. The molecule has 0 bridgehead atoms. The maximum absolute atomic E-state index is 14.7. The van der Waals surface area contributed by atoms with Gasteiger partial charge in [-0.2, -0.15) is 8.42 Å². The van der Waals surface area contributed by atoms with E-state index in [2.05, 4.69) is 10.6 Å². The van der Waals surface area contributed by atoms with E-state index in [0.29, 0.717) is 48.3 Å². The predicted octanol–water partition coefficient (Wildman–Crippen LogP) is 5.20. The van der Waals surface area contributed by atoms with E-state index in [0.717, 1.165) is 25.0 Å². The Morgan fingerprint density at radius 1 is 1.00 bits per heavy atom. The van der Waals surface area contributed by atoms with Crippen molar-refractivity contribution < 1.29 is 26.8 Å². The van der Waals surface area contributed by atoms with E-state index in [9.17, 15) is 26.8 Å². The highest BCUT2D eigenvalue weighted by molar-refractivity contribution is 7.91. The van der Waals surface area contributed by atoms with Gasteiger partial charge in [-0.15, -0.1) is 3.89 Å². The first-order valence-electron chi connectivity index (χ1n) is 14.0. The predicted molar refractivity (Wildman–Crippen MR) is 155 cm³/mol. The molecule has 3 aromatic rings. The van der Waals surface area contributed by atoms with Crippen molar-refractivity contribution in [2.45, 2.75) is 55.5 Å². The number of rotatable bonds is 6. The molecular formula is C31H31ClF2N3O4S+. The molecule has 6 rings (SSSR count). The number of benzene rings is 3. The Balaban J connectivity index is 1.49. The molecule has 2 unspecified atom stereocenters. The highest BCUT2D eigenvalue weighted by atomic mass is 35.5. The molecule has 220 valence electrons. The Morgan fingerprint density at radius 3 is 2.29 bits per heavy atom. The van der Waals surface area contributed by atoms with Crippen LogP contribution in [0.3, 0.4) is 0 Å². The molecular weight excluding hydrogens is 584 g/mol. The molecule has 2 N–H and O–H groups in total. The van der Waals surface area contributed by atoms with Gasteiger partial charge in [0.05, 0.1) is 12.3 Å². The van der Waals surface area contributed by atoms with E-state index in [1.54, 1.807) is 18.2 Å². The van der Waals surface area contributed by atoms with Gasteiger partial charge in [-0.3, -0.25) is 4.79 Å². The minimum atomic E-state index is -4.39. The van der Waals surface area contributed by atoms with Crippen LogP contribution in [-0.2, 0) is 26.8 Å². The normalized spacial score (nSPS) is 23.0. The van der Waals surface area contributed by atoms with Crippen LogP contribution in [0.1, 0.15) is 54.1 Å². The molecule has 42 heavy (non-hydrogen) atoms. The van der Waals surface area contributed by atoms with E-state index >= 15 is 0 Å². The molecule has 1 spiro atoms. The molecule has 1 saturated carbocycles. The van der Waals surface area contributed by atoms with Gasteiger partial charge in [0, 0.05) is 34.7 Å². The second kappa shape index (κ2) is 10.5. The molecule has 3 aliphatic rings. The van der Waals surface area contributed by atoms with E-state index in [1.165, 1.54) is 37.3 Å². The molecule has 2 heterocycles. The lowest BCUT2D eigenvalue weighted by molar-refractivity contribution is -0.126. The summed E-state index contributed by atoms with van der Waals surface area (Å²) in [6, 6.07) is 12.9. The first-order chi connectivity index (χ1) is 20.0. The van der Waals surface area contributed by atoms with Crippen LogP contribution in [0, 0.1) is 17.6 Å². The van der Waals surface area contributed by atoms with Gasteiger partial charge in [0.15, 0.2) is 5.69 Å². The fourth-order valence-electron chi connectivity index (χ4n) is 7.15. The zero-order chi connectivity index (χ0) is 29.9. The molecule has 7 nitrogen and oxygen atoms in total. The van der Waals surface area contributed by atoms with Crippen LogP contribution >= 0.6 is 11.6 Å². The lowest BCUT2D eigenvalue weighted by Gasteiger charge is -2.43. The van der Waals surface area contributed by atoms with E-state index in [4.69, 9.17) is 11.6 Å². The molecule has 3 aromatic carbocycles. The van der Waals surface area contributed by atoms with Gasteiger partial charge < -0.3 is 10.6 Å². The molecule has 2 fully saturated rings. The van der Waals surface area contributed by atoms with Crippen LogP contribution in [0.5, 0.6) is 0 Å². The van der Waals surface area contributed by atoms with Gasteiger partial charge in [0.25, 0.3) is 5.91 Å². The Morgan fingerprint density at radius 2 is 1.67 bits per heavy atom. The summed E-state index contributed by atoms with van der Waals surface area (Å²) in [5.41, 5.74) is 1.24. The molecule has 2 atom stereocenters. The van der Waals surface area contributed by atoms with Gasteiger partial charge in [0.2, 0.25) is 0 Å². The molecule has 2 amide bonds. The van der Waals surface area contributed by atoms with Gasteiger partial charge in [-0.25, -0.2) is 13.6 Å². The highest BCUT2D eigenvalue weighted by Gasteiger charge is 2.73. The number of hydrogen-bond donors (Lipinski definition) is 2. The fourth-order valence-corrected chi connectivity index (χ4v) is 9.63. The van der Waals surface area contributed by atoms with Gasteiger partial charge in [-0.05, 0) is 92.9 Å². The number of nitrogens with one attached hydrogen (secondary N) is 2. The van der Waals surface area contributed by atoms with E-state index in [-0.39, 0.29) is 22.4 Å². The number of carbonyl (C=O) groups excluding carboxylic acids is 2. The zero-order valence-corrected chi connectivity index (χ0v) is 24.6. The first kappa shape index (κ1) is 28.9. The number of halogens is 3. The fraction of sp³-hybridized carbons (Fsp3) is 0.355. The van der Waals surface area contributed by atoms with Crippen molar-refractivity contribution in [2.24, 2.45) is 5.92 Å². The smallest absolute Gasteiger partial charge is 0.339 e. The summed E-state index contributed by atoms with van der Waals surface area (Å²) in [6.45, 7) is 2.65. The van der Waals surface area contributed by atoms with Crippen LogP contribution in [-0.4, -0.2) is 39.4 Å². The summed E-state index contributed by atoms with van der Waals surface area (Å²) in [7, 11) is -4.39. The summed E-state index contributed by atoms with van der Waals surface area (Å²) in [6.07, 6.45) is 2.80. The minimum Gasteiger partial charge on any atom is -0.348 e. The standard InChI is InChI=1S/C31H30ClF2N3O4S/c1-19(38)37(42(40,41)25-9-7-23(33)8-10-25)28-11-5-21(30(39)36-18-22-4-6-24(34)17-27(22)32)16-26(28)31(12-14-35-15-13-31)29(37)20-2-3-20/h4-11,16-17,20,29,35H,2-3,12-15,18H2,1H3/p+1. The molecule has 11 heteroatoms. The summed E-state index contributed by atoms with van der Waals surface area (Å²) < 4.78 is 55.8. The molecule has 0 radical (unpaired) electrons. The van der Waals surface area contributed by atoms with Crippen LogP contribution in [0.15, 0.2) is 65.6 Å². The van der Waals surface area contributed by atoms with Crippen molar-refractivity contribution >= 4 is 39.1 Å². The number of quaternary nitrogens is 1. The molecule has 1 saturated heterocycles. The largest absolute Gasteiger partial charge is 0.348 e. The van der Waals surface area contributed by atoms with Crippen molar-refractivity contribution in [1.82, 2.24) is 14.5 Å². The van der Waals surface area contributed by atoms with Crippen LogP contribution in [0.2, 0.25) is 5.02 Å². The van der Waals surface area contributed by atoms with Crippen LogP contribution < -0.4 is 14.5 Å².